The summed E-state index contributed by atoms with van der Waals surface area (Å²) < 4.78 is 9.92. The van der Waals surface area contributed by atoms with Crippen LogP contribution in [-0.4, -0.2) is 42.8 Å². The number of carbonyl (C=O) groups excluding carboxylic acids is 2. The molecule has 0 amide bonds. The molecule has 0 bridgehead atoms. The molecule has 0 aliphatic heterocycles. The van der Waals surface area contributed by atoms with Gasteiger partial charge in [-0.2, -0.15) is 0 Å². The Morgan fingerprint density at radius 2 is 1.52 bits per heavy atom. The lowest BCUT2D eigenvalue weighted by atomic mass is 10.2. The van der Waals surface area contributed by atoms with E-state index >= 15 is 0 Å². The highest BCUT2D eigenvalue weighted by Crippen LogP contribution is 2.07. The van der Waals surface area contributed by atoms with E-state index < -0.39 is 11.2 Å². The molecule has 0 spiro atoms. The average Bonchev–Trinajstić information content (AvgIpc) is 2.49. The van der Waals surface area contributed by atoms with Gasteiger partial charge in [0.25, 0.3) is 0 Å². The number of hydrogen-bond acceptors (Lipinski definition) is 6. The van der Waals surface area contributed by atoms with Crippen molar-refractivity contribution >= 4 is 11.9 Å². The van der Waals surface area contributed by atoms with Crippen LogP contribution in [-0.2, 0) is 19.1 Å². The maximum absolute atomic E-state index is 11.1. The van der Waals surface area contributed by atoms with Crippen molar-refractivity contribution < 1.29 is 19.1 Å². The first-order chi connectivity index (χ1) is 11.8. The summed E-state index contributed by atoms with van der Waals surface area (Å²) in [6.07, 6.45) is 11.2. The van der Waals surface area contributed by atoms with E-state index in [2.05, 4.69) is 30.2 Å². The molecule has 0 saturated carbocycles. The van der Waals surface area contributed by atoms with Gasteiger partial charge in [-0.05, 0) is 41.5 Å². The van der Waals surface area contributed by atoms with Crippen LogP contribution in [0.5, 0.6) is 0 Å². The van der Waals surface area contributed by atoms with Crippen molar-refractivity contribution in [3.05, 3.63) is 12.7 Å². The Hall–Kier alpha value is -2.28. The van der Waals surface area contributed by atoms with Crippen LogP contribution in [0.4, 0.5) is 0 Å². The molecule has 0 fully saturated rings. The fourth-order valence-corrected chi connectivity index (χ4v) is 1.09. The summed E-state index contributed by atoms with van der Waals surface area (Å²) in [6.45, 7) is 15.7. The third kappa shape index (κ3) is 40.0. The number of hydrogen-bond donors (Lipinski definition) is 2. The van der Waals surface area contributed by atoms with Gasteiger partial charge in [0.05, 0.1) is 19.5 Å². The van der Waals surface area contributed by atoms with E-state index in [1.807, 2.05) is 41.5 Å². The van der Waals surface area contributed by atoms with Gasteiger partial charge in [0, 0.05) is 12.6 Å². The van der Waals surface area contributed by atoms with Crippen LogP contribution in [0.25, 0.3) is 0 Å². The Morgan fingerprint density at radius 3 is 1.78 bits per heavy atom. The number of terminal acetylenes is 2. The standard InChI is InChI=1S/C10H17NO2.C7H12O2.C3H5N.CH4/c1-5-7-11-8-6-9(12)13-10(2,3)4;1-5-6(8)9-7(2,3)4;1-2-3-4;/h1,11H,6-8H2,2-4H3;5H,1H2,2-4H3;1H,3-4H2;1H4. The maximum Gasteiger partial charge on any atom is 0.330 e. The lowest BCUT2D eigenvalue weighted by Crippen LogP contribution is -2.26. The molecule has 6 nitrogen and oxygen atoms in total. The fourth-order valence-electron chi connectivity index (χ4n) is 1.09. The third-order valence-electron chi connectivity index (χ3n) is 1.84. The number of esters is 2. The Bertz CT molecular complexity index is 486. The largest absolute Gasteiger partial charge is 0.460 e. The van der Waals surface area contributed by atoms with E-state index in [0.29, 0.717) is 26.1 Å². The summed E-state index contributed by atoms with van der Waals surface area (Å²) in [5.41, 5.74) is 3.99. The number of nitrogens with two attached hydrogens (primary N) is 1. The molecule has 0 radical (unpaired) electrons. The van der Waals surface area contributed by atoms with Crippen LogP contribution >= 0.6 is 0 Å². The normalized spacial score (nSPS) is 9.37. The van der Waals surface area contributed by atoms with Crippen molar-refractivity contribution in [2.45, 2.75) is 66.6 Å². The van der Waals surface area contributed by atoms with Gasteiger partial charge in [-0.1, -0.05) is 25.8 Å². The van der Waals surface area contributed by atoms with Crippen molar-refractivity contribution in [1.29, 1.82) is 0 Å². The molecule has 0 atom stereocenters. The lowest BCUT2D eigenvalue weighted by Gasteiger charge is -2.19. The topological polar surface area (TPSA) is 90.6 Å². The van der Waals surface area contributed by atoms with Crippen molar-refractivity contribution in [1.82, 2.24) is 5.32 Å². The minimum absolute atomic E-state index is 0. The summed E-state index contributed by atoms with van der Waals surface area (Å²) in [6, 6.07) is 0. The number of carbonyl (C=O) groups is 2. The smallest absolute Gasteiger partial charge is 0.330 e. The first-order valence-corrected chi connectivity index (χ1v) is 8.18. The molecule has 0 saturated heterocycles. The minimum atomic E-state index is -0.400. The zero-order valence-corrected chi connectivity index (χ0v) is 17.0. The zero-order valence-electron chi connectivity index (χ0n) is 17.0. The molecular formula is C21H38N2O4. The lowest BCUT2D eigenvalue weighted by molar-refractivity contribution is -0.154. The van der Waals surface area contributed by atoms with Crippen molar-refractivity contribution in [3.63, 3.8) is 0 Å². The monoisotopic (exact) mass is 382 g/mol. The van der Waals surface area contributed by atoms with E-state index in [1.165, 1.54) is 0 Å². The van der Waals surface area contributed by atoms with Gasteiger partial charge in [-0.15, -0.1) is 12.8 Å². The molecule has 0 aromatic carbocycles. The highest BCUT2D eigenvalue weighted by Gasteiger charge is 2.15. The van der Waals surface area contributed by atoms with Gasteiger partial charge in [0.15, 0.2) is 0 Å². The number of nitrogens with one attached hydrogen (secondary N) is 1. The van der Waals surface area contributed by atoms with Crippen LogP contribution < -0.4 is 11.1 Å². The second-order valence-corrected chi connectivity index (χ2v) is 6.86. The molecule has 0 rings (SSSR count). The summed E-state index contributed by atoms with van der Waals surface area (Å²) in [5, 5.41) is 2.91. The predicted molar refractivity (Wildman–Crippen MR) is 113 cm³/mol. The van der Waals surface area contributed by atoms with Crippen LogP contribution in [0.1, 0.15) is 55.4 Å². The molecule has 6 heteroatoms. The third-order valence-corrected chi connectivity index (χ3v) is 1.84. The van der Waals surface area contributed by atoms with Gasteiger partial charge in [-0.25, -0.2) is 4.79 Å². The van der Waals surface area contributed by atoms with Crippen LogP contribution in [0.3, 0.4) is 0 Å². The maximum atomic E-state index is 11.1. The van der Waals surface area contributed by atoms with Crippen molar-refractivity contribution in [2.24, 2.45) is 5.73 Å². The quantitative estimate of drug-likeness (QED) is 0.329. The molecule has 0 aliphatic rings. The average molecular weight is 383 g/mol. The Labute approximate surface area is 166 Å². The SMILES string of the molecule is C.C#CCN.C#CCNCCC(=O)OC(C)(C)C.C=CC(=O)OC(C)(C)C. The van der Waals surface area contributed by atoms with Gasteiger partial charge in [0.1, 0.15) is 11.2 Å². The summed E-state index contributed by atoms with van der Waals surface area (Å²) in [4.78, 5) is 21.6. The number of ether oxygens (including phenoxy) is 2. The van der Waals surface area contributed by atoms with E-state index in [0.717, 1.165) is 6.08 Å². The number of rotatable bonds is 5. The summed E-state index contributed by atoms with van der Waals surface area (Å²) in [7, 11) is 0. The van der Waals surface area contributed by atoms with Crippen LogP contribution in [0.15, 0.2) is 12.7 Å². The molecule has 0 aromatic rings. The van der Waals surface area contributed by atoms with E-state index in [1.54, 1.807) is 0 Å². The summed E-state index contributed by atoms with van der Waals surface area (Å²) in [5.74, 6) is 4.06. The van der Waals surface area contributed by atoms with Crippen LogP contribution in [0, 0.1) is 24.7 Å². The van der Waals surface area contributed by atoms with E-state index in [4.69, 9.17) is 21.6 Å². The molecule has 0 unspecified atom stereocenters. The highest BCUT2D eigenvalue weighted by molar-refractivity contribution is 5.81. The molecule has 0 heterocycles. The molecule has 156 valence electrons. The minimum Gasteiger partial charge on any atom is -0.460 e. The molecule has 0 aromatic heterocycles. The van der Waals surface area contributed by atoms with Crippen molar-refractivity contribution in [3.8, 4) is 24.7 Å². The second-order valence-electron chi connectivity index (χ2n) is 6.86. The second kappa shape index (κ2) is 18.5. The fraction of sp³-hybridized carbons (Fsp3) is 0.619. The Kier molecular flexibility index (Phi) is 22.2. The first-order valence-electron chi connectivity index (χ1n) is 8.18. The first kappa shape index (κ1) is 32.4. The van der Waals surface area contributed by atoms with E-state index in [-0.39, 0.29) is 19.4 Å². The van der Waals surface area contributed by atoms with Crippen molar-refractivity contribution in [2.75, 3.05) is 19.6 Å². The Morgan fingerprint density at radius 1 is 1.07 bits per heavy atom. The molecule has 0 aliphatic carbocycles. The van der Waals surface area contributed by atoms with Gasteiger partial charge in [0.2, 0.25) is 0 Å². The van der Waals surface area contributed by atoms with Gasteiger partial charge < -0.3 is 20.5 Å². The van der Waals surface area contributed by atoms with Gasteiger partial charge >= 0.3 is 11.9 Å². The van der Waals surface area contributed by atoms with E-state index in [9.17, 15) is 9.59 Å². The van der Waals surface area contributed by atoms with Crippen LogP contribution in [0.2, 0.25) is 0 Å². The highest BCUT2D eigenvalue weighted by atomic mass is 16.6. The molecular weight excluding hydrogens is 344 g/mol. The molecule has 27 heavy (non-hydrogen) atoms. The molecule has 3 N–H and O–H groups in total. The predicted octanol–water partition coefficient (Wildman–Crippen LogP) is 2.67. The Balaban J connectivity index is -0.000000165. The summed E-state index contributed by atoms with van der Waals surface area (Å²) >= 11 is 0. The zero-order chi connectivity index (χ0) is 21.2. The van der Waals surface area contributed by atoms with Gasteiger partial charge in [-0.3, -0.25) is 4.79 Å².